The third-order valence-electron chi connectivity index (χ3n) is 2.98. The van der Waals surface area contributed by atoms with E-state index in [0.29, 0.717) is 11.4 Å². The number of carbonyl (C=O) groups excluding carboxylic acids is 1. The maximum absolute atomic E-state index is 11.7. The third kappa shape index (κ3) is 4.24. The van der Waals surface area contributed by atoms with Crippen molar-refractivity contribution in [2.24, 2.45) is 0 Å². The molecular weight excluding hydrogens is 264 g/mol. The molecule has 0 fully saturated rings. The van der Waals surface area contributed by atoms with Gasteiger partial charge in [-0.1, -0.05) is 6.07 Å². The van der Waals surface area contributed by atoms with Crippen LogP contribution in [0.5, 0.6) is 0 Å². The van der Waals surface area contributed by atoms with Gasteiger partial charge < -0.3 is 11.1 Å². The Balaban J connectivity index is 2.64. The van der Waals surface area contributed by atoms with Gasteiger partial charge in [-0.2, -0.15) is 0 Å². The fourth-order valence-electron chi connectivity index (χ4n) is 1.47. The van der Waals surface area contributed by atoms with Crippen LogP contribution in [0.2, 0.25) is 0 Å². The normalized spacial score (nSPS) is 11.6. The van der Waals surface area contributed by atoms with Crippen molar-refractivity contribution in [3.05, 3.63) is 23.8 Å². The van der Waals surface area contributed by atoms with Crippen LogP contribution in [-0.2, 0) is 14.6 Å². The second-order valence-corrected chi connectivity index (χ2v) is 7.41. The second-order valence-electron chi connectivity index (χ2n) is 4.73. The molecule has 0 aliphatic rings. The number of sulfone groups is 1. The van der Waals surface area contributed by atoms with Gasteiger partial charge in [0.15, 0.2) is 9.84 Å². The molecule has 19 heavy (non-hydrogen) atoms. The average molecular weight is 284 g/mol. The predicted molar refractivity (Wildman–Crippen MR) is 77.8 cm³/mol. The molecule has 1 amide bonds. The summed E-state index contributed by atoms with van der Waals surface area (Å²) in [6.45, 7) is 5.01. The molecular formula is C13H20N2O3S. The number of carbonyl (C=O) groups is 1. The van der Waals surface area contributed by atoms with Gasteiger partial charge in [-0.3, -0.25) is 4.79 Å². The summed E-state index contributed by atoms with van der Waals surface area (Å²) in [6.07, 6.45) is -0.0469. The molecule has 0 unspecified atom stereocenters. The maximum atomic E-state index is 11.7. The van der Waals surface area contributed by atoms with E-state index in [4.69, 9.17) is 5.73 Å². The van der Waals surface area contributed by atoms with E-state index in [1.165, 1.54) is 0 Å². The molecule has 3 N–H and O–H groups in total. The lowest BCUT2D eigenvalue weighted by Gasteiger charge is -2.11. The van der Waals surface area contributed by atoms with E-state index < -0.39 is 15.1 Å². The summed E-state index contributed by atoms with van der Waals surface area (Å²) in [4.78, 5) is 11.7. The lowest BCUT2D eigenvalue weighted by Crippen LogP contribution is -2.22. The number of nitrogen functional groups attached to an aromatic ring is 1. The van der Waals surface area contributed by atoms with E-state index in [1.807, 2.05) is 0 Å². The molecule has 0 aromatic heterocycles. The van der Waals surface area contributed by atoms with Crippen LogP contribution in [0.15, 0.2) is 18.2 Å². The summed E-state index contributed by atoms with van der Waals surface area (Å²) in [5.41, 5.74) is 7.72. The first-order chi connectivity index (χ1) is 8.74. The van der Waals surface area contributed by atoms with Crippen LogP contribution in [0.4, 0.5) is 11.4 Å². The Morgan fingerprint density at radius 1 is 1.37 bits per heavy atom. The highest BCUT2D eigenvalue weighted by Crippen LogP contribution is 2.20. The molecule has 0 radical (unpaired) electrons. The first kappa shape index (κ1) is 15.5. The Kier molecular flexibility index (Phi) is 4.94. The molecule has 0 saturated carbocycles. The number of anilines is 2. The Hall–Kier alpha value is -1.56. The number of nitrogens with one attached hydrogen (secondary N) is 1. The van der Waals surface area contributed by atoms with Gasteiger partial charge in [0.25, 0.3) is 0 Å². The van der Waals surface area contributed by atoms with Gasteiger partial charge in [-0.05, 0) is 38.5 Å². The van der Waals surface area contributed by atoms with Gasteiger partial charge >= 0.3 is 0 Å². The van der Waals surface area contributed by atoms with Crippen molar-refractivity contribution in [2.75, 3.05) is 16.8 Å². The second kappa shape index (κ2) is 6.06. The lowest BCUT2D eigenvalue weighted by atomic mass is 10.1. The maximum Gasteiger partial charge on any atom is 0.225 e. The average Bonchev–Trinajstić information content (AvgIpc) is 2.32. The highest BCUT2D eigenvalue weighted by molar-refractivity contribution is 7.91. The quantitative estimate of drug-likeness (QED) is 0.806. The van der Waals surface area contributed by atoms with Crippen molar-refractivity contribution in [3.8, 4) is 0 Å². The number of nitrogens with two attached hydrogens (primary N) is 1. The minimum absolute atomic E-state index is 0.0469. The van der Waals surface area contributed by atoms with Crippen LogP contribution in [0.25, 0.3) is 0 Å². The highest BCUT2D eigenvalue weighted by atomic mass is 32.2. The molecule has 0 spiro atoms. The number of rotatable bonds is 5. The first-order valence-corrected chi connectivity index (χ1v) is 7.82. The summed E-state index contributed by atoms with van der Waals surface area (Å²) in [5.74, 6) is -0.462. The van der Waals surface area contributed by atoms with Gasteiger partial charge in [0.2, 0.25) is 5.91 Å². The summed E-state index contributed by atoms with van der Waals surface area (Å²) >= 11 is 0. The fraction of sp³-hybridized carbons (Fsp3) is 0.462. The summed E-state index contributed by atoms with van der Waals surface area (Å²) < 4.78 is 23.2. The van der Waals surface area contributed by atoms with E-state index >= 15 is 0 Å². The van der Waals surface area contributed by atoms with E-state index in [-0.39, 0.29) is 18.1 Å². The van der Waals surface area contributed by atoms with Crippen LogP contribution < -0.4 is 11.1 Å². The van der Waals surface area contributed by atoms with Crippen LogP contribution in [0.1, 0.15) is 25.8 Å². The molecule has 0 saturated heterocycles. The number of hydrogen-bond donors (Lipinski definition) is 2. The predicted octanol–water partition coefficient (Wildman–Crippen LogP) is 1.73. The van der Waals surface area contributed by atoms with Crippen molar-refractivity contribution in [1.82, 2.24) is 0 Å². The van der Waals surface area contributed by atoms with Crippen molar-refractivity contribution < 1.29 is 13.2 Å². The van der Waals surface area contributed by atoms with Crippen LogP contribution in [0.3, 0.4) is 0 Å². The third-order valence-corrected chi connectivity index (χ3v) is 5.19. The number of hydrogen-bond acceptors (Lipinski definition) is 4. The molecule has 1 aromatic rings. The topological polar surface area (TPSA) is 89.3 Å². The monoisotopic (exact) mass is 284 g/mol. The largest absolute Gasteiger partial charge is 0.398 e. The zero-order chi connectivity index (χ0) is 14.6. The van der Waals surface area contributed by atoms with E-state index in [2.05, 4.69) is 5.32 Å². The van der Waals surface area contributed by atoms with Gasteiger partial charge in [0.05, 0.1) is 11.0 Å². The Labute approximate surface area is 114 Å². The summed E-state index contributed by atoms with van der Waals surface area (Å²) in [6, 6.07) is 5.22. The van der Waals surface area contributed by atoms with Gasteiger partial charge in [0, 0.05) is 17.8 Å². The van der Waals surface area contributed by atoms with Crippen LogP contribution in [-0.4, -0.2) is 25.3 Å². The SMILES string of the molecule is Cc1c(N)cccc1NC(=O)CCS(=O)(=O)C(C)C. The highest BCUT2D eigenvalue weighted by Gasteiger charge is 2.18. The lowest BCUT2D eigenvalue weighted by molar-refractivity contribution is -0.115. The van der Waals surface area contributed by atoms with Crippen molar-refractivity contribution >= 4 is 27.1 Å². The van der Waals surface area contributed by atoms with E-state index in [0.717, 1.165) is 5.56 Å². The fourth-order valence-corrected chi connectivity index (χ4v) is 2.41. The van der Waals surface area contributed by atoms with Gasteiger partial charge in [-0.25, -0.2) is 8.42 Å². The van der Waals surface area contributed by atoms with Crippen molar-refractivity contribution in [2.45, 2.75) is 32.4 Å². The molecule has 1 aromatic carbocycles. The minimum atomic E-state index is -3.19. The van der Waals surface area contributed by atoms with Gasteiger partial charge in [0.1, 0.15) is 0 Å². The molecule has 6 heteroatoms. The smallest absolute Gasteiger partial charge is 0.225 e. The Bertz CT molecular complexity index is 565. The molecule has 106 valence electrons. The summed E-state index contributed by atoms with van der Waals surface area (Å²) in [5, 5.41) is 2.22. The molecule has 1 rings (SSSR count). The van der Waals surface area contributed by atoms with E-state index in [1.54, 1.807) is 39.0 Å². The van der Waals surface area contributed by atoms with Crippen molar-refractivity contribution in [1.29, 1.82) is 0 Å². The van der Waals surface area contributed by atoms with Crippen LogP contribution >= 0.6 is 0 Å². The molecule has 0 aliphatic heterocycles. The first-order valence-electron chi connectivity index (χ1n) is 6.10. The van der Waals surface area contributed by atoms with Crippen LogP contribution in [0, 0.1) is 6.92 Å². The Morgan fingerprint density at radius 2 is 2.00 bits per heavy atom. The molecule has 0 bridgehead atoms. The molecule has 0 atom stereocenters. The van der Waals surface area contributed by atoms with Crippen molar-refractivity contribution in [3.63, 3.8) is 0 Å². The van der Waals surface area contributed by atoms with E-state index in [9.17, 15) is 13.2 Å². The molecule has 0 heterocycles. The Morgan fingerprint density at radius 3 is 2.58 bits per heavy atom. The summed E-state index contributed by atoms with van der Waals surface area (Å²) in [7, 11) is -3.19. The number of amides is 1. The minimum Gasteiger partial charge on any atom is -0.398 e. The zero-order valence-electron chi connectivity index (χ0n) is 11.4. The standard InChI is InChI=1S/C13H20N2O3S/c1-9(2)19(17,18)8-7-13(16)15-12-6-4-5-11(14)10(12)3/h4-6,9H,7-8,14H2,1-3H3,(H,15,16). The zero-order valence-corrected chi connectivity index (χ0v) is 12.3. The van der Waals surface area contributed by atoms with Gasteiger partial charge in [-0.15, -0.1) is 0 Å². The number of benzene rings is 1. The molecule has 5 nitrogen and oxygen atoms in total. The molecule has 0 aliphatic carbocycles.